The Labute approximate surface area is 104 Å². The van der Waals surface area contributed by atoms with E-state index in [0.29, 0.717) is 17.6 Å². The van der Waals surface area contributed by atoms with Crippen LogP contribution in [0.25, 0.3) is 0 Å². The molecule has 1 aromatic heterocycles. The monoisotopic (exact) mass is 256 g/mol. The van der Waals surface area contributed by atoms with Crippen LogP contribution < -0.4 is 0 Å². The molecular weight excluding hydrogens is 240 g/mol. The molecule has 1 saturated carbocycles. The van der Waals surface area contributed by atoms with E-state index in [4.69, 9.17) is 5.11 Å². The predicted molar refractivity (Wildman–Crippen MR) is 62.9 cm³/mol. The maximum atomic E-state index is 11.1. The van der Waals surface area contributed by atoms with Crippen LogP contribution in [0.2, 0.25) is 0 Å². The molecule has 1 aromatic rings. The Kier molecular flexibility index (Phi) is 3.98. The van der Waals surface area contributed by atoms with Crippen molar-refractivity contribution in [2.24, 2.45) is 0 Å². The Morgan fingerprint density at radius 2 is 2.41 bits per heavy atom. The van der Waals surface area contributed by atoms with Crippen molar-refractivity contribution >= 4 is 17.7 Å². The summed E-state index contributed by atoms with van der Waals surface area (Å²) in [4.78, 5) is 11.1. The molecule has 7 heteroatoms. The van der Waals surface area contributed by atoms with E-state index < -0.39 is 11.2 Å². The molecule has 1 aliphatic rings. The lowest BCUT2D eigenvalue weighted by Crippen LogP contribution is -2.17. The zero-order chi connectivity index (χ0) is 12.3. The van der Waals surface area contributed by atoms with Crippen LogP contribution in [0.15, 0.2) is 5.16 Å². The molecule has 1 atom stereocenters. The first-order valence-electron chi connectivity index (χ1n) is 5.89. The minimum absolute atomic E-state index is 0.383. The quantitative estimate of drug-likeness (QED) is 0.748. The molecule has 2 rings (SSSR count). The summed E-state index contributed by atoms with van der Waals surface area (Å²) in [6, 6.07) is 0.383. The summed E-state index contributed by atoms with van der Waals surface area (Å²) in [6.45, 7) is 2.05. The lowest BCUT2D eigenvalue weighted by atomic mass is 10.2. The van der Waals surface area contributed by atoms with Gasteiger partial charge in [-0.15, -0.1) is 5.10 Å². The predicted octanol–water partition coefficient (Wildman–Crippen LogP) is 1.74. The average molecular weight is 256 g/mol. The highest BCUT2D eigenvalue weighted by atomic mass is 32.2. The van der Waals surface area contributed by atoms with Crippen LogP contribution in [0.3, 0.4) is 0 Å². The van der Waals surface area contributed by atoms with Crippen molar-refractivity contribution < 1.29 is 9.90 Å². The molecule has 0 amide bonds. The van der Waals surface area contributed by atoms with Gasteiger partial charge in [-0.3, -0.25) is 4.79 Å². The van der Waals surface area contributed by atoms with Crippen molar-refractivity contribution in [3.63, 3.8) is 0 Å². The van der Waals surface area contributed by atoms with Gasteiger partial charge >= 0.3 is 5.97 Å². The fourth-order valence-electron chi connectivity index (χ4n) is 1.56. The molecule has 0 bridgehead atoms. The Morgan fingerprint density at radius 1 is 1.65 bits per heavy atom. The van der Waals surface area contributed by atoms with Crippen molar-refractivity contribution in [2.75, 3.05) is 0 Å². The topological polar surface area (TPSA) is 80.9 Å². The van der Waals surface area contributed by atoms with Gasteiger partial charge in [0, 0.05) is 0 Å². The summed E-state index contributed by atoms with van der Waals surface area (Å²) in [5.74, 6) is -0.784. The Bertz CT molecular complexity index is 391. The summed E-state index contributed by atoms with van der Waals surface area (Å²) in [5, 5.41) is 20.8. The molecule has 94 valence electrons. The summed E-state index contributed by atoms with van der Waals surface area (Å²) in [6.07, 6.45) is 4.75. The number of carbonyl (C=O) groups is 1. The summed E-state index contributed by atoms with van der Waals surface area (Å²) < 4.78 is 1.76. The zero-order valence-electron chi connectivity index (χ0n) is 9.74. The molecule has 0 aliphatic heterocycles. The van der Waals surface area contributed by atoms with Crippen LogP contribution in [0.4, 0.5) is 0 Å². The van der Waals surface area contributed by atoms with Gasteiger partial charge in [0.25, 0.3) is 0 Å². The maximum absolute atomic E-state index is 11.1. The molecule has 0 aromatic carbocycles. The number of hydrogen-bond acceptors (Lipinski definition) is 5. The molecule has 6 nitrogen and oxygen atoms in total. The highest BCUT2D eigenvalue weighted by Crippen LogP contribution is 2.37. The SMILES string of the molecule is CCCCC(Sc1nnnn1C1CC1)C(=O)O. The lowest BCUT2D eigenvalue weighted by Gasteiger charge is -2.10. The lowest BCUT2D eigenvalue weighted by molar-refractivity contribution is -0.136. The number of hydrogen-bond donors (Lipinski definition) is 1. The number of aromatic nitrogens is 4. The van der Waals surface area contributed by atoms with E-state index in [1.165, 1.54) is 11.8 Å². The van der Waals surface area contributed by atoms with Crippen LogP contribution in [-0.4, -0.2) is 36.5 Å². The van der Waals surface area contributed by atoms with Gasteiger partial charge in [-0.2, -0.15) is 0 Å². The molecule has 1 N–H and O–H groups in total. The third-order valence-electron chi connectivity index (χ3n) is 2.70. The van der Waals surface area contributed by atoms with Crippen molar-refractivity contribution in [1.82, 2.24) is 20.2 Å². The second-order valence-corrected chi connectivity index (χ2v) is 5.39. The minimum atomic E-state index is -0.784. The van der Waals surface area contributed by atoms with Gasteiger partial charge in [0.1, 0.15) is 5.25 Å². The van der Waals surface area contributed by atoms with E-state index >= 15 is 0 Å². The third kappa shape index (κ3) is 3.18. The van der Waals surface area contributed by atoms with Crippen LogP contribution in [0.5, 0.6) is 0 Å². The highest BCUT2D eigenvalue weighted by Gasteiger charge is 2.30. The van der Waals surface area contributed by atoms with Crippen LogP contribution in [0, 0.1) is 0 Å². The van der Waals surface area contributed by atoms with Crippen molar-refractivity contribution in [1.29, 1.82) is 0 Å². The maximum Gasteiger partial charge on any atom is 0.317 e. The zero-order valence-corrected chi connectivity index (χ0v) is 10.6. The van der Waals surface area contributed by atoms with Gasteiger partial charge in [-0.25, -0.2) is 4.68 Å². The van der Waals surface area contributed by atoms with Crippen LogP contribution >= 0.6 is 11.8 Å². The Hall–Kier alpha value is -1.11. The molecule has 0 saturated heterocycles. The average Bonchev–Trinajstić information content (AvgIpc) is 3.04. The number of rotatable bonds is 7. The molecule has 1 aliphatic carbocycles. The Balaban J connectivity index is 2.00. The van der Waals surface area contributed by atoms with E-state index in [1.54, 1.807) is 4.68 Å². The van der Waals surface area contributed by atoms with Gasteiger partial charge in [-0.1, -0.05) is 31.5 Å². The molecule has 1 unspecified atom stereocenters. The number of nitrogens with zero attached hydrogens (tertiary/aromatic N) is 4. The van der Waals surface area contributed by atoms with Crippen LogP contribution in [-0.2, 0) is 4.79 Å². The fraction of sp³-hybridized carbons (Fsp3) is 0.800. The first-order valence-corrected chi connectivity index (χ1v) is 6.77. The third-order valence-corrected chi connectivity index (χ3v) is 3.90. The normalized spacial score (nSPS) is 17.0. The van der Waals surface area contributed by atoms with Gasteiger partial charge < -0.3 is 5.11 Å². The smallest absolute Gasteiger partial charge is 0.317 e. The van der Waals surface area contributed by atoms with Gasteiger partial charge in [0.2, 0.25) is 5.16 Å². The molecule has 0 spiro atoms. The second kappa shape index (κ2) is 5.48. The minimum Gasteiger partial charge on any atom is -0.480 e. The molecule has 1 heterocycles. The summed E-state index contributed by atoms with van der Waals surface area (Å²) in [5.41, 5.74) is 0. The Morgan fingerprint density at radius 3 is 3.00 bits per heavy atom. The fourth-order valence-corrected chi connectivity index (χ4v) is 2.58. The van der Waals surface area contributed by atoms with Gasteiger partial charge in [-0.05, 0) is 29.7 Å². The first-order chi connectivity index (χ1) is 8.22. The molecular formula is C10H16N4O2S. The molecule has 17 heavy (non-hydrogen) atoms. The first kappa shape index (κ1) is 12.3. The van der Waals surface area contributed by atoms with E-state index in [2.05, 4.69) is 22.4 Å². The highest BCUT2D eigenvalue weighted by molar-refractivity contribution is 8.00. The van der Waals surface area contributed by atoms with E-state index in [-0.39, 0.29) is 0 Å². The number of carboxylic acid groups (broad SMARTS) is 1. The van der Waals surface area contributed by atoms with Gasteiger partial charge in [0.05, 0.1) is 6.04 Å². The molecule has 0 radical (unpaired) electrons. The summed E-state index contributed by atoms with van der Waals surface area (Å²) >= 11 is 1.27. The number of thioether (sulfide) groups is 1. The standard InChI is InChI=1S/C10H16N4O2S/c1-2-3-4-8(9(15)16)17-10-11-12-13-14(10)7-5-6-7/h7-8H,2-6H2,1H3,(H,15,16). The van der Waals surface area contributed by atoms with E-state index in [0.717, 1.165) is 25.7 Å². The molecule has 1 fully saturated rings. The number of carboxylic acids is 1. The van der Waals surface area contributed by atoms with Crippen LogP contribution in [0.1, 0.15) is 45.1 Å². The van der Waals surface area contributed by atoms with E-state index in [9.17, 15) is 4.79 Å². The van der Waals surface area contributed by atoms with Crippen molar-refractivity contribution in [3.05, 3.63) is 0 Å². The van der Waals surface area contributed by atoms with Gasteiger partial charge in [0.15, 0.2) is 0 Å². The number of aliphatic carboxylic acids is 1. The number of tetrazole rings is 1. The van der Waals surface area contributed by atoms with E-state index in [1.807, 2.05) is 0 Å². The summed E-state index contributed by atoms with van der Waals surface area (Å²) in [7, 11) is 0. The van der Waals surface area contributed by atoms with Crippen molar-refractivity contribution in [2.45, 2.75) is 55.5 Å². The number of unbranched alkanes of at least 4 members (excludes halogenated alkanes) is 1. The van der Waals surface area contributed by atoms with Crippen molar-refractivity contribution in [3.8, 4) is 0 Å². The largest absolute Gasteiger partial charge is 0.480 e. The second-order valence-electron chi connectivity index (χ2n) is 4.22.